The van der Waals surface area contributed by atoms with E-state index in [0.717, 1.165) is 34.6 Å². The van der Waals surface area contributed by atoms with Gasteiger partial charge in [-0.2, -0.15) is 0 Å². The van der Waals surface area contributed by atoms with Crippen LogP contribution in [0, 0.1) is 13.8 Å². The first-order valence-electron chi connectivity index (χ1n) is 9.00. The fraction of sp³-hybridized carbons (Fsp3) is 0.227. The van der Waals surface area contributed by atoms with Crippen LogP contribution in [0.15, 0.2) is 60.7 Å². The van der Waals surface area contributed by atoms with E-state index < -0.39 is 0 Å². The minimum absolute atomic E-state index is 0.0820. The molecular weight excluding hydrogens is 322 g/mol. The Hall–Kier alpha value is -3.01. The number of H-pyrrole nitrogens is 1. The molecule has 0 saturated heterocycles. The van der Waals surface area contributed by atoms with Crippen LogP contribution >= 0.6 is 0 Å². The van der Waals surface area contributed by atoms with Crippen molar-refractivity contribution in [2.45, 2.75) is 26.4 Å². The Morgan fingerprint density at radius 2 is 1.73 bits per heavy atom. The Kier molecular flexibility index (Phi) is 4.25. The summed E-state index contributed by atoms with van der Waals surface area (Å²) in [5.41, 5.74) is 6.20. The predicted octanol–water partition coefficient (Wildman–Crippen LogP) is 4.44. The summed E-state index contributed by atoms with van der Waals surface area (Å²) in [6, 6.07) is 20.2. The largest absolute Gasteiger partial charge is 0.362 e. The van der Waals surface area contributed by atoms with Gasteiger partial charge in [0.05, 0.1) is 5.56 Å². The molecule has 26 heavy (non-hydrogen) atoms. The minimum atomic E-state index is -0.161. The Morgan fingerprint density at radius 1 is 1.00 bits per heavy atom. The molecule has 1 aromatic heterocycles. The fourth-order valence-electron chi connectivity index (χ4n) is 3.69. The molecule has 0 fully saturated rings. The molecule has 1 amide bonds. The number of hydrogen-bond donors (Lipinski definition) is 2. The van der Waals surface area contributed by atoms with Gasteiger partial charge in [0.2, 0.25) is 0 Å². The second kappa shape index (κ2) is 6.71. The number of nitrogens with one attached hydrogen (secondary N) is 2. The molecule has 2 heterocycles. The molecule has 0 spiro atoms. The number of carbonyl (C=O) groups is 1. The molecule has 0 radical (unpaired) electrons. The molecule has 0 saturated carbocycles. The molecule has 1 atom stereocenters. The van der Waals surface area contributed by atoms with Crippen molar-refractivity contribution in [2.75, 3.05) is 11.9 Å². The monoisotopic (exact) mass is 345 g/mol. The van der Waals surface area contributed by atoms with Crippen LogP contribution in [0.4, 0.5) is 5.69 Å². The predicted molar refractivity (Wildman–Crippen MR) is 104 cm³/mol. The third-order valence-electron chi connectivity index (χ3n) is 4.99. The lowest BCUT2D eigenvalue weighted by Crippen LogP contribution is -2.44. The third kappa shape index (κ3) is 2.99. The smallest absolute Gasteiger partial charge is 0.257 e. The minimum Gasteiger partial charge on any atom is -0.362 e. The molecule has 0 unspecified atom stereocenters. The number of para-hydroxylation sites is 1. The van der Waals surface area contributed by atoms with Crippen molar-refractivity contribution in [1.82, 2.24) is 9.88 Å². The number of hydrogen-bond acceptors (Lipinski definition) is 2. The van der Waals surface area contributed by atoms with Crippen LogP contribution in [0.25, 0.3) is 0 Å². The van der Waals surface area contributed by atoms with Crippen molar-refractivity contribution in [1.29, 1.82) is 0 Å². The summed E-state index contributed by atoms with van der Waals surface area (Å²) in [7, 11) is 0. The normalized spacial score (nSPS) is 16.3. The van der Waals surface area contributed by atoms with Crippen LogP contribution in [0.1, 0.15) is 39.0 Å². The third-order valence-corrected chi connectivity index (χ3v) is 4.99. The van der Waals surface area contributed by atoms with Gasteiger partial charge in [0.15, 0.2) is 0 Å². The molecule has 1 aliphatic heterocycles. The molecule has 0 aliphatic carbocycles. The van der Waals surface area contributed by atoms with E-state index in [1.807, 2.05) is 54.3 Å². The first kappa shape index (κ1) is 16.5. The number of fused-ring (bicyclic) bond motifs is 1. The number of carbonyl (C=O) groups excluding carboxylic acids is 1. The average Bonchev–Trinajstić information content (AvgIpc) is 3.00. The number of aryl methyl sites for hydroxylation is 2. The number of nitrogens with zero attached hydrogens (tertiary/aromatic N) is 1. The average molecular weight is 345 g/mol. The molecule has 4 heteroatoms. The van der Waals surface area contributed by atoms with Crippen LogP contribution < -0.4 is 5.32 Å². The van der Waals surface area contributed by atoms with E-state index in [4.69, 9.17) is 0 Å². The van der Waals surface area contributed by atoms with Crippen LogP contribution in [-0.2, 0) is 6.42 Å². The van der Waals surface area contributed by atoms with E-state index in [9.17, 15) is 4.79 Å². The summed E-state index contributed by atoms with van der Waals surface area (Å²) in [6.45, 7) is 4.77. The van der Waals surface area contributed by atoms with Crippen LogP contribution in [0.3, 0.4) is 0 Å². The number of aromatic amines is 1. The summed E-state index contributed by atoms with van der Waals surface area (Å²) in [4.78, 5) is 18.5. The van der Waals surface area contributed by atoms with Crippen molar-refractivity contribution in [2.24, 2.45) is 0 Å². The standard InChI is InChI=1S/C22H23N3O/c1-15-14-19(16(2)23-15)21-24-20-11-7-6-10-18(20)22(26)25(21)13-12-17-8-4-3-5-9-17/h3-11,14,21,23-24H,12-13H2,1-2H3/t21-/m1/s1. The van der Waals surface area contributed by atoms with E-state index in [1.54, 1.807) is 0 Å². The van der Waals surface area contributed by atoms with E-state index in [1.165, 1.54) is 5.56 Å². The van der Waals surface area contributed by atoms with Gasteiger partial charge in [0.1, 0.15) is 6.17 Å². The summed E-state index contributed by atoms with van der Waals surface area (Å²) >= 11 is 0. The number of benzene rings is 2. The molecule has 2 N–H and O–H groups in total. The number of aromatic nitrogens is 1. The highest BCUT2D eigenvalue weighted by Crippen LogP contribution is 2.34. The maximum Gasteiger partial charge on any atom is 0.257 e. The summed E-state index contributed by atoms with van der Waals surface area (Å²) in [5, 5.41) is 3.57. The lowest BCUT2D eigenvalue weighted by molar-refractivity contribution is 0.0685. The summed E-state index contributed by atoms with van der Waals surface area (Å²) in [5.74, 6) is 0.0820. The fourth-order valence-corrected chi connectivity index (χ4v) is 3.69. The first-order valence-corrected chi connectivity index (χ1v) is 9.00. The maximum atomic E-state index is 13.2. The summed E-state index contributed by atoms with van der Waals surface area (Å²) < 4.78 is 0. The molecular formula is C22H23N3O. The number of amides is 1. The zero-order chi connectivity index (χ0) is 18.1. The van der Waals surface area contributed by atoms with Crippen molar-refractivity contribution >= 4 is 11.6 Å². The Bertz CT molecular complexity index is 930. The van der Waals surface area contributed by atoms with Crippen LogP contribution in [-0.4, -0.2) is 22.3 Å². The van der Waals surface area contributed by atoms with Gasteiger partial charge in [-0.25, -0.2) is 0 Å². The van der Waals surface area contributed by atoms with Gasteiger partial charge in [-0.1, -0.05) is 42.5 Å². The van der Waals surface area contributed by atoms with Crippen molar-refractivity contribution in [3.63, 3.8) is 0 Å². The highest BCUT2D eigenvalue weighted by molar-refractivity contribution is 6.01. The first-order chi connectivity index (χ1) is 12.6. The second-order valence-corrected chi connectivity index (χ2v) is 6.86. The molecule has 2 aromatic carbocycles. The van der Waals surface area contributed by atoms with Crippen LogP contribution in [0.5, 0.6) is 0 Å². The Balaban J connectivity index is 1.69. The van der Waals surface area contributed by atoms with Gasteiger partial charge in [0.25, 0.3) is 5.91 Å². The molecule has 4 nitrogen and oxygen atoms in total. The summed E-state index contributed by atoms with van der Waals surface area (Å²) in [6.07, 6.45) is 0.668. The van der Waals surface area contributed by atoms with Gasteiger partial charge in [0, 0.05) is 29.2 Å². The number of anilines is 1. The van der Waals surface area contributed by atoms with Crippen LogP contribution in [0.2, 0.25) is 0 Å². The van der Waals surface area contributed by atoms with E-state index in [0.29, 0.717) is 6.54 Å². The van der Waals surface area contributed by atoms with Gasteiger partial charge in [-0.15, -0.1) is 0 Å². The lowest BCUT2D eigenvalue weighted by atomic mass is 10.0. The Labute approximate surface area is 153 Å². The SMILES string of the molecule is Cc1cc([C@@H]2Nc3ccccc3C(=O)N2CCc2ccccc2)c(C)[nH]1. The second-order valence-electron chi connectivity index (χ2n) is 6.86. The van der Waals surface area contributed by atoms with Crippen molar-refractivity contribution in [3.8, 4) is 0 Å². The zero-order valence-electron chi connectivity index (χ0n) is 15.1. The molecule has 4 rings (SSSR count). The quantitative estimate of drug-likeness (QED) is 0.734. The zero-order valence-corrected chi connectivity index (χ0v) is 15.1. The topological polar surface area (TPSA) is 48.1 Å². The van der Waals surface area contributed by atoms with Gasteiger partial charge in [-0.3, -0.25) is 4.79 Å². The number of rotatable bonds is 4. The van der Waals surface area contributed by atoms with E-state index in [2.05, 4.69) is 35.4 Å². The lowest BCUT2D eigenvalue weighted by Gasteiger charge is -2.38. The molecule has 3 aromatic rings. The van der Waals surface area contributed by atoms with E-state index in [-0.39, 0.29) is 12.1 Å². The van der Waals surface area contributed by atoms with Gasteiger partial charge < -0.3 is 15.2 Å². The molecule has 132 valence electrons. The van der Waals surface area contributed by atoms with Gasteiger partial charge in [-0.05, 0) is 44.0 Å². The van der Waals surface area contributed by atoms with Gasteiger partial charge >= 0.3 is 0 Å². The Morgan fingerprint density at radius 3 is 2.46 bits per heavy atom. The highest BCUT2D eigenvalue weighted by atomic mass is 16.2. The van der Waals surface area contributed by atoms with Crippen molar-refractivity contribution in [3.05, 3.63) is 88.7 Å². The highest BCUT2D eigenvalue weighted by Gasteiger charge is 2.33. The maximum absolute atomic E-state index is 13.2. The van der Waals surface area contributed by atoms with E-state index >= 15 is 0 Å². The molecule has 1 aliphatic rings. The van der Waals surface area contributed by atoms with Crippen molar-refractivity contribution < 1.29 is 4.79 Å². The molecule has 0 bridgehead atoms.